The third-order valence-electron chi connectivity index (χ3n) is 3.52. The number of rotatable bonds is 7. The van der Waals surface area contributed by atoms with Crippen molar-refractivity contribution in [1.82, 2.24) is 10.6 Å². The van der Waals surface area contributed by atoms with Crippen molar-refractivity contribution in [3.8, 4) is 0 Å². The summed E-state index contributed by atoms with van der Waals surface area (Å²) < 4.78 is 22.4. The molecule has 25 heavy (non-hydrogen) atoms. The molecule has 0 heterocycles. The summed E-state index contributed by atoms with van der Waals surface area (Å²) in [4.78, 5) is 11.8. The summed E-state index contributed by atoms with van der Waals surface area (Å²) in [5.41, 5.74) is 1.91. The monoisotopic (exact) mass is 381 g/mol. The summed E-state index contributed by atoms with van der Waals surface area (Å²) in [6.07, 6.45) is 1.46. The normalized spacial score (nSPS) is 11.1. The van der Waals surface area contributed by atoms with Crippen LogP contribution < -0.4 is 15.8 Å². The summed E-state index contributed by atoms with van der Waals surface area (Å²) in [7, 11) is -3.66. The van der Waals surface area contributed by atoms with Gasteiger partial charge in [-0.25, -0.2) is 18.4 Å². The van der Waals surface area contributed by atoms with Crippen molar-refractivity contribution < 1.29 is 13.2 Å². The van der Waals surface area contributed by atoms with Gasteiger partial charge >= 0.3 is 6.03 Å². The van der Waals surface area contributed by atoms with Crippen LogP contribution in [0.25, 0.3) is 0 Å². The average molecular weight is 382 g/mol. The van der Waals surface area contributed by atoms with Crippen LogP contribution in [0.3, 0.4) is 0 Å². The molecule has 6 nitrogen and oxygen atoms in total. The van der Waals surface area contributed by atoms with Gasteiger partial charge in [0.1, 0.15) is 0 Å². The van der Waals surface area contributed by atoms with Gasteiger partial charge in [0.15, 0.2) is 0 Å². The Morgan fingerprint density at radius 2 is 1.76 bits per heavy atom. The quantitative estimate of drug-likeness (QED) is 0.642. The van der Waals surface area contributed by atoms with Gasteiger partial charge in [0.25, 0.3) is 0 Å². The first-order valence-electron chi connectivity index (χ1n) is 7.72. The number of aryl methyl sites for hydroxylation is 1. The molecule has 0 fully saturated rings. The van der Waals surface area contributed by atoms with Crippen molar-refractivity contribution in [2.75, 3.05) is 6.54 Å². The number of nitrogens with two attached hydrogens (primary N) is 1. The third kappa shape index (κ3) is 6.74. The third-order valence-corrected chi connectivity index (χ3v) is 4.69. The van der Waals surface area contributed by atoms with E-state index in [4.69, 9.17) is 16.7 Å². The number of carbonyl (C=O) groups is 1. The molecule has 0 radical (unpaired) electrons. The second-order valence-corrected chi connectivity index (χ2v) is 7.53. The van der Waals surface area contributed by atoms with Gasteiger partial charge in [-0.3, -0.25) is 0 Å². The lowest BCUT2D eigenvalue weighted by molar-refractivity contribution is 0.240. The molecule has 0 saturated heterocycles. The first-order valence-corrected chi connectivity index (χ1v) is 9.65. The molecular formula is C17H20ClN3O3S. The SMILES string of the molecule is NS(=O)(=O)c1ccc(CCCNC(=O)NCc2cccc(Cl)c2)cc1. The molecular weight excluding hydrogens is 362 g/mol. The molecule has 2 aromatic rings. The number of benzene rings is 2. The number of primary sulfonamides is 1. The number of hydrogen-bond donors (Lipinski definition) is 3. The van der Waals surface area contributed by atoms with Crippen LogP contribution >= 0.6 is 11.6 Å². The molecule has 0 spiro atoms. The van der Waals surface area contributed by atoms with Crippen molar-refractivity contribution in [2.45, 2.75) is 24.3 Å². The summed E-state index contributed by atoms with van der Waals surface area (Å²) in [5.74, 6) is 0. The Hall–Kier alpha value is -2.09. The van der Waals surface area contributed by atoms with Crippen LogP contribution in [0.15, 0.2) is 53.4 Å². The second-order valence-electron chi connectivity index (χ2n) is 5.53. The van der Waals surface area contributed by atoms with Crippen molar-refractivity contribution in [3.63, 3.8) is 0 Å². The van der Waals surface area contributed by atoms with Crippen LogP contribution in [0.4, 0.5) is 4.79 Å². The van der Waals surface area contributed by atoms with Crippen molar-refractivity contribution >= 4 is 27.7 Å². The Balaban J connectivity index is 1.67. The minimum absolute atomic E-state index is 0.0924. The molecule has 0 saturated carbocycles. The highest BCUT2D eigenvalue weighted by Crippen LogP contribution is 2.11. The predicted octanol–water partition coefficient (Wildman–Crippen LogP) is 2.42. The summed E-state index contributed by atoms with van der Waals surface area (Å²) in [6, 6.07) is 13.5. The number of sulfonamides is 1. The highest BCUT2D eigenvalue weighted by molar-refractivity contribution is 7.89. The maximum Gasteiger partial charge on any atom is 0.315 e. The fourth-order valence-corrected chi connectivity index (χ4v) is 2.96. The Bertz CT molecular complexity index is 823. The summed E-state index contributed by atoms with van der Waals surface area (Å²) >= 11 is 5.89. The standard InChI is InChI=1S/C17H20ClN3O3S/c18-15-5-1-3-14(11-15)12-21-17(22)20-10-2-4-13-6-8-16(9-7-13)25(19,23)24/h1,3,5-9,11H,2,4,10,12H2,(H2,19,23,24)(H2,20,21,22). The predicted molar refractivity (Wildman–Crippen MR) is 97.8 cm³/mol. The van der Waals surface area contributed by atoms with E-state index < -0.39 is 10.0 Å². The number of nitrogens with one attached hydrogen (secondary N) is 2. The average Bonchev–Trinajstić information content (AvgIpc) is 2.57. The molecule has 0 aromatic heterocycles. The summed E-state index contributed by atoms with van der Waals surface area (Å²) in [5, 5.41) is 11.2. The van der Waals surface area contributed by atoms with E-state index in [1.807, 2.05) is 12.1 Å². The van der Waals surface area contributed by atoms with Gasteiger partial charge in [-0.2, -0.15) is 0 Å². The fourth-order valence-electron chi connectivity index (χ4n) is 2.23. The van der Waals surface area contributed by atoms with Gasteiger partial charge in [0, 0.05) is 18.1 Å². The van der Waals surface area contributed by atoms with E-state index in [1.54, 1.807) is 24.3 Å². The molecule has 2 amide bonds. The Morgan fingerprint density at radius 1 is 1.04 bits per heavy atom. The van der Waals surface area contributed by atoms with Crippen LogP contribution in [0.5, 0.6) is 0 Å². The Morgan fingerprint density at radius 3 is 2.40 bits per heavy atom. The lowest BCUT2D eigenvalue weighted by Crippen LogP contribution is -2.35. The van der Waals surface area contributed by atoms with Gasteiger partial charge in [0.05, 0.1) is 4.90 Å². The molecule has 0 aliphatic heterocycles. The van der Waals surface area contributed by atoms with Gasteiger partial charge in [-0.1, -0.05) is 35.9 Å². The highest BCUT2D eigenvalue weighted by Gasteiger charge is 2.06. The molecule has 2 rings (SSSR count). The number of halogens is 1. The molecule has 0 bridgehead atoms. The number of urea groups is 1. The van der Waals surface area contributed by atoms with Gasteiger partial charge in [-0.15, -0.1) is 0 Å². The molecule has 0 atom stereocenters. The van der Waals surface area contributed by atoms with Crippen molar-refractivity contribution in [2.24, 2.45) is 5.14 Å². The van der Waals surface area contributed by atoms with E-state index in [2.05, 4.69) is 10.6 Å². The zero-order chi connectivity index (χ0) is 18.3. The minimum Gasteiger partial charge on any atom is -0.338 e. The minimum atomic E-state index is -3.66. The Kier molecular flexibility index (Phi) is 6.81. The van der Waals surface area contributed by atoms with E-state index in [1.165, 1.54) is 12.1 Å². The molecule has 134 valence electrons. The first kappa shape index (κ1) is 19.2. The zero-order valence-corrected chi connectivity index (χ0v) is 15.1. The maximum atomic E-state index is 11.7. The maximum absolute atomic E-state index is 11.7. The van der Waals surface area contributed by atoms with Crippen molar-refractivity contribution in [1.29, 1.82) is 0 Å². The van der Waals surface area contributed by atoms with Crippen LogP contribution in [-0.2, 0) is 23.0 Å². The number of amides is 2. The lowest BCUT2D eigenvalue weighted by Gasteiger charge is -2.08. The highest BCUT2D eigenvalue weighted by atomic mass is 35.5. The first-order chi connectivity index (χ1) is 11.8. The zero-order valence-electron chi connectivity index (χ0n) is 13.5. The van der Waals surface area contributed by atoms with E-state index in [0.29, 0.717) is 18.1 Å². The topological polar surface area (TPSA) is 101 Å². The van der Waals surface area contributed by atoms with E-state index in [9.17, 15) is 13.2 Å². The molecule has 0 aliphatic carbocycles. The largest absolute Gasteiger partial charge is 0.338 e. The van der Waals surface area contributed by atoms with E-state index in [-0.39, 0.29) is 10.9 Å². The molecule has 0 unspecified atom stereocenters. The Labute approximate surface area is 152 Å². The van der Waals surface area contributed by atoms with Crippen LogP contribution in [-0.4, -0.2) is 21.0 Å². The smallest absolute Gasteiger partial charge is 0.315 e. The fraction of sp³-hybridized carbons (Fsp3) is 0.235. The number of carbonyl (C=O) groups excluding carboxylic acids is 1. The van der Waals surface area contributed by atoms with Gasteiger partial charge in [0.2, 0.25) is 10.0 Å². The van der Waals surface area contributed by atoms with Crippen LogP contribution in [0.1, 0.15) is 17.5 Å². The molecule has 0 aliphatic rings. The lowest BCUT2D eigenvalue weighted by atomic mass is 10.1. The van der Waals surface area contributed by atoms with Crippen molar-refractivity contribution in [3.05, 3.63) is 64.7 Å². The molecule has 2 aromatic carbocycles. The second kappa shape index (κ2) is 8.84. The van der Waals surface area contributed by atoms with Crippen LogP contribution in [0.2, 0.25) is 5.02 Å². The molecule has 4 N–H and O–H groups in total. The molecule has 8 heteroatoms. The van der Waals surface area contributed by atoms with Gasteiger partial charge in [-0.05, 0) is 48.2 Å². The van der Waals surface area contributed by atoms with E-state index >= 15 is 0 Å². The van der Waals surface area contributed by atoms with Crippen LogP contribution in [0, 0.1) is 0 Å². The summed E-state index contributed by atoms with van der Waals surface area (Å²) in [6.45, 7) is 0.916. The van der Waals surface area contributed by atoms with E-state index in [0.717, 1.165) is 24.0 Å². The van der Waals surface area contributed by atoms with Gasteiger partial charge < -0.3 is 10.6 Å². The number of hydrogen-bond acceptors (Lipinski definition) is 3.